The highest BCUT2D eigenvalue weighted by molar-refractivity contribution is 9.10. The second-order valence-corrected chi connectivity index (χ2v) is 4.72. The van der Waals surface area contributed by atoms with E-state index in [9.17, 15) is 9.90 Å². The normalized spacial score (nSPS) is 14.1. The average Bonchev–Trinajstić information content (AvgIpc) is 2.28. The van der Waals surface area contributed by atoms with Crippen molar-refractivity contribution in [2.45, 2.75) is 18.9 Å². The van der Waals surface area contributed by atoms with Gasteiger partial charge in [-0.25, -0.2) is 4.79 Å². The fourth-order valence-electron chi connectivity index (χ4n) is 1.58. The summed E-state index contributed by atoms with van der Waals surface area (Å²) >= 11 is 3.35. The zero-order valence-corrected chi connectivity index (χ0v) is 11.5. The molecule has 5 heteroatoms. The van der Waals surface area contributed by atoms with Crippen molar-refractivity contribution in [2.24, 2.45) is 0 Å². The summed E-state index contributed by atoms with van der Waals surface area (Å²) in [5, 5.41) is 12.4. The number of rotatable bonds is 6. The van der Waals surface area contributed by atoms with E-state index in [-0.39, 0.29) is 6.61 Å². The number of carboxylic acids is 1. The fraction of sp³-hybridized carbons (Fsp3) is 0.417. The smallest absolute Gasteiger partial charge is 0.331 e. The van der Waals surface area contributed by atoms with E-state index < -0.39 is 11.5 Å². The standard InChI is InChI=1S/C12H16BrNO3/c1-3-12(8-17-2,11(15)16)14-10-6-4-5-9(13)7-10/h4-7,14H,3,8H2,1-2H3,(H,15,16). The summed E-state index contributed by atoms with van der Waals surface area (Å²) in [6, 6.07) is 7.40. The van der Waals surface area contributed by atoms with Crippen molar-refractivity contribution in [3.63, 3.8) is 0 Å². The molecular weight excluding hydrogens is 286 g/mol. The number of carboxylic acid groups (broad SMARTS) is 1. The zero-order chi connectivity index (χ0) is 12.9. The van der Waals surface area contributed by atoms with E-state index in [2.05, 4.69) is 21.2 Å². The molecule has 0 heterocycles. The van der Waals surface area contributed by atoms with E-state index >= 15 is 0 Å². The Balaban J connectivity index is 2.96. The van der Waals surface area contributed by atoms with Crippen molar-refractivity contribution in [3.8, 4) is 0 Å². The van der Waals surface area contributed by atoms with Gasteiger partial charge in [-0.1, -0.05) is 28.9 Å². The first kappa shape index (κ1) is 14.0. The Morgan fingerprint density at radius 3 is 2.76 bits per heavy atom. The molecule has 94 valence electrons. The highest BCUT2D eigenvalue weighted by atomic mass is 79.9. The number of methoxy groups -OCH3 is 1. The van der Waals surface area contributed by atoms with Gasteiger partial charge in [-0.15, -0.1) is 0 Å². The number of hydrogen-bond acceptors (Lipinski definition) is 3. The Hall–Kier alpha value is -1.07. The first-order chi connectivity index (χ1) is 8.04. The largest absolute Gasteiger partial charge is 0.479 e. The summed E-state index contributed by atoms with van der Waals surface area (Å²) in [4.78, 5) is 11.4. The second kappa shape index (κ2) is 6.02. The average molecular weight is 302 g/mol. The van der Waals surface area contributed by atoms with E-state index in [0.717, 1.165) is 10.2 Å². The summed E-state index contributed by atoms with van der Waals surface area (Å²) in [6.45, 7) is 1.93. The highest BCUT2D eigenvalue weighted by Gasteiger charge is 2.36. The molecule has 1 unspecified atom stereocenters. The molecule has 1 atom stereocenters. The number of anilines is 1. The molecule has 0 radical (unpaired) electrons. The van der Waals surface area contributed by atoms with Crippen molar-refractivity contribution in [1.82, 2.24) is 0 Å². The molecule has 0 amide bonds. The first-order valence-corrected chi connectivity index (χ1v) is 6.09. The van der Waals surface area contributed by atoms with Crippen LogP contribution in [0, 0.1) is 0 Å². The number of carbonyl (C=O) groups is 1. The minimum Gasteiger partial charge on any atom is -0.479 e. The van der Waals surface area contributed by atoms with Crippen LogP contribution >= 0.6 is 15.9 Å². The van der Waals surface area contributed by atoms with Crippen LogP contribution in [0.1, 0.15) is 13.3 Å². The number of aliphatic carboxylic acids is 1. The number of benzene rings is 1. The predicted molar refractivity (Wildman–Crippen MR) is 70.3 cm³/mol. The van der Waals surface area contributed by atoms with Gasteiger partial charge in [0.15, 0.2) is 5.54 Å². The monoisotopic (exact) mass is 301 g/mol. The minimum atomic E-state index is -1.09. The van der Waals surface area contributed by atoms with Crippen molar-refractivity contribution in [1.29, 1.82) is 0 Å². The van der Waals surface area contributed by atoms with E-state index in [4.69, 9.17) is 4.74 Å². The SMILES string of the molecule is CCC(COC)(Nc1cccc(Br)c1)C(=O)O. The highest BCUT2D eigenvalue weighted by Crippen LogP contribution is 2.22. The van der Waals surface area contributed by atoms with Gasteiger partial charge in [0.05, 0.1) is 6.61 Å². The second-order valence-electron chi connectivity index (χ2n) is 3.81. The molecule has 17 heavy (non-hydrogen) atoms. The zero-order valence-electron chi connectivity index (χ0n) is 9.87. The molecule has 0 aliphatic heterocycles. The van der Waals surface area contributed by atoms with Crippen LogP contribution in [0.25, 0.3) is 0 Å². The molecule has 1 rings (SSSR count). The van der Waals surface area contributed by atoms with E-state index in [1.165, 1.54) is 7.11 Å². The molecule has 4 nitrogen and oxygen atoms in total. The Labute approximate surface area is 109 Å². The summed E-state index contributed by atoms with van der Waals surface area (Å²) in [7, 11) is 1.50. The predicted octanol–water partition coefficient (Wildman–Crippen LogP) is 2.74. The fourth-order valence-corrected chi connectivity index (χ4v) is 1.98. The molecule has 2 N–H and O–H groups in total. The summed E-state index contributed by atoms with van der Waals surface area (Å²) < 4.78 is 5.91. The molecule has 0 aromatic heterocycles. The van der Waals surface area contributed by atoms with Crippen LogP contribution in [0.2, 0.25) is 0 Å². The summed E-state index contributed by atoms with van der Waals surface area (Å²) in [6.07, 6.45) is 0.433. The Bertz CT molecular complexity index is 397. The molecule has 1 aromatic rings. The van der Waals surface area contributed by atoms with Gasteiger partial charge in [0.25, 0.3) is 0 Å². The third-order valence-electron chi connectivity index (χ3n) is 2.61. The van der Waals surface area contributed by atoms with Crippen molar-refractivity contribution in [2.75, 3.05) is 19.0 Å². The van der Waals surface area contributed by atoms with Crippen molar-refractivity contribution < 1.29 is 14.6 Å². The van der Waals surface area contributed by atoms with E-state index in [1.54, 1.807) is 0 Å². The number of nitrogens with one attached hydrogen (secondary N) is 1. The molecule has 0 spiro atoms. The van der Waals surface area contributed by atoms with Gasteiger partial charge >= 0.3 is 5.97 Å². The van der Waals surface area contributed by atoms with Crippen LogP contribution in [-0.2, 0) is 9.53 Å². The molecule has 0 bridgehead atoms. The quantitative estimate of drug-likeness (QED) is 0.848. The molecule has 0 aliphatic rings. The lowest BCUT2D eigenvalue weighted by atomic mass is 9.97. The van der Waals surface area contributed by atoms with Gasteiger partial charge in [0, 0.05) is 17.3 Å². The molecule has 0 aliphatic carbocycles. The maximum Gasteiger partial charge on any atom is 0.331 e. The lowest BCUT2D eigenvalue weighted by Gasteiger charge is -2.29. The topological polar surface area (TPSA) is 58.6 Å². The Morgan fingerprint density at radius 1 is 1.59 bits per heavy atom. The number of halogens is 1. The minimum absolute atomic E-state index is 0.116. The lowest BCUT2D eigenvalue weighted by molar-refractivity contribution is -0.144. The van der Waals surface area contributed by atoms with Crippen LogP contribution in [0.5, 0.6) is 0 Å². The maximum absolute atomic E-state index is 11.4. The summed E-state index contributed by atoms with van der Waals surface area (Å²) in [5.41, 5.74) is -0.337. The Morgan fingerprint density at radius 2 is 2.29 bits per heavy atom. The lowest BCUT2D eigenvalue weighted by Crippen LogP contribution is -2.49. The van der Waals surface area contributed by atoms with E-state index in [1.807, 2.05) is 31.2 Å². The van der Waals surface area contributed by atoms with Crippen LogP contribution < -0.4 is 5.32 Å². The van der Waals surface area contributed by atoms with Gasteiger partial charge < -0.3 is 15.2 Å². The molecule has 0 fully saturated rings. The van der Waals surface area contributed by atoms with Crippen molar-refractivity contribution in [3.05, 3.63) is 28.7 Å². The molecule has 0 saturated heterocycles. The van der Waals surface area contributed by atoms with Crippen molar-refractivity contribution >= 4 is 27.6 Å². The van der Waals surface area contributed by atoms with Crippen LogP contribution in [0.15, 0.2) is 28.7 Å². The summed E-state index contributed by atoms with van der Waals surface area (Å²) in [5.74, 6) is -0.915. The third kappa shape index (κ3) is 3.44. The van der Waals surface area contributed by atoms with Crippen LogP contribution in [-0.4, -0.2) is 30.3 Å². The molecular formula is C12H16BrNO3. The van der Waals surface area contributed by atoms with Gasteiger partial charge in [0.2, 0.25) is 0 Å². The molecule has 0 saturated carbocycles. The first-order valence-electron chi connectivity index (χ1n) is 5.30. The number of ether oxygens (including phenoxy) is 1. The van der Waals surface area contributed by atoms with Gasteiger partial charge in [0.1, 0.15) is 0 Å². The van der Waals surface area contributed by atoms with Crippen LogP contribution in [0.3, 0.4) is 0 Å². The third-order valence-corrected chi connectivity index (χ3v) is 3.11. The maximum atomic E-state index is 11.4. The van der Waals surface area contributed by atoms with E-state index in [0.29, 0.717) is 6.42 Å². The number of hydrogen-bond donors (Lipinski definition) is 2. The Kier molecular flexibility index (Phi) is 4.96. The van der Waals surface area contributed by atoms with Gasteiger partial charge in [-0.2, -0.15) is 0 Å². The van der Waals surface area contributed by atoms with Gasteiger partial charge in [-0.3, -0.25) is 0 Å². The van der Waals surface area contributed by atoms with Crippen LogP contribution in [0.4, 0.5) is 5.69 Å². The molecule has 1 aromatic carbocycles. The van der Waals surface area contributed by atoms with Gasteiger partial charge in [-0.05, 0) is 24.6 Å².